The van der Waals surface area contributed by atoms with E-state index in [0.717, 1.165) is 6.92 Å². The van der Waals surface area contributed by atoms with Gasteiger partial charge in [0.25, 0.3) is 5.69 Å². The molecule has 0 aliphatic heterocycles. The Kier molecular flexibility index (Phi) is 3.57. The third-order valence-electron chi connectivity index (χ3n) is 2.63. The summed E-state index contributed by atoms with van der Waals surface area (Å²) in [6.45, 7) is 2.72. The highest BCUT2D eigenvalue weighted by Crippen LogP contribution is 2.28. The highest BCUT2D eigenvalue weighted by Gasteiger charge is 2.31. The fourth-order valence-corrected chi connectivity index (χ4v) is 1.58. The van der Waals surface area contributed by atoms with E-state index >= 15 is 0 Å². The number of nitro benzene ring substituents is 1. The fraction of sp³-hybridized carbons (Fsp3) is 0.364. The molecule has 18 heavy (non-hydrogen) atoms. The molecular weight excluding hydrogens is 240 g/mol. The molecule has 0 saturated carbocycles. The zero-order valence-electron chi connectivity index (χ0n) is 10.0. The number of nitrogen functional groups attached to an aromatic ring is 1. The molecule has 1 aromatic carbocycles. The number of aliphatic hydroxyl groups is 1. The van der Waals surface area contributed by atoms with Gasteiger partial charge >= 0.3 is 5.97 Å². The van der Waals surface area contributed by atoms with E-state index in [0.29, 0.717) is 11.1 Å². The number of aryl methyl sites for hydroxylation is 1. The van der Waals surface area contributed by atoms with E-state index in [-0.39, 0.29) is 17.8 Å². The molecule has 0 heterocycles. The highest BCUT2D eigenvalue weighted by molar-refractivity contribution is 5.77. The lowest BCUT2D eigenvalue weighted by Crippen LogP contribution is -2.37. The Morgan fingerprint density at radius 3 is 2.56 bits per heavy atom. The molecule has 0 spiro atoms. The molecule has 7 heteroatoms. The van der Waals surface area contributed by atoms with Gasteiger partial charge in [-0.1, -0.05) is 6.07 Å². The lowest BCUT2D eigenvalue weighted by atomic mass is 9.95. The summed E-state index contributed by atoms with van der Waals surface area (Å²) in [7, 11) is 0. The molecule has 0 amide bonds. The van der Waals surface area contributed by atoms with Gasteiger partial charge in [0.05, 0.1) is 4.92 Å². The van der Waals surface area contributed by atoms with Crippen molar-refractivity contribution in [3.63, 3.8) is 0 Å². The molecule has 7 nitrogen and oxygen atoms in total. The number of carboxylic acids is 1. The second kappa shape index (κ2) is 4.61. The summed E-state index contributed by atoms with van der Waals surface area (Å²) in [5.41, 5.74) is 4.15. The Morgan fingerprint density at radius 2 is 2.11 bits per heavy atom. The van der Waals surface area contributed by atoms with Crippen molar-refractivity contribution < 1.29 is 19.9 Å². The van der Waals surface area contributed by atoms with Crippen LogP contribution in [0.15, 0.2) is 12.1 Å². The van der Waals surface area contributed by atoms with Crippen LogP contribution in [0.2, 0.25) is 0 Å². The van der Waals surface area contributed by atoms with Crippen LogP contribution in [0.4, 0.5) is 11.4 Å². The summed E-state index contributed by atoms with van der Waals surface area (Å²) in [5.74, 6) is -1.39. The lowest BCUT2D eigenvalue weighted by Gasteiger charge is -2.18. The van der Waals surface area contributed by atoms with Crippen LogP contribution in [0.25, 0.3) is 0 Å². The second-order valence-corrected chi connectivity index (χ2v) is 4.36. The zero-order chi connectivity index (χ0) is 14.1. The van der Waals surface area contributed by atoms with E-state index in [9.17, 15) is 20.0 Å². The second-order valence-electron chi connectivity index (χ2n) is 4.36. The van der Waals surface area contributed by atoms with Crippen molar-refractivity contribution in [2.24, 2.45) is 0 Å². The van der Waals surface area contributed by atoms with Gasteiger partial charge in [-0.2, -0.15) is 0 Å². The molecule has 4 N–H and O–H groups in total. The van der Waals surface area contributed by atoms with Gasteiger partial charge in [-0.05, 0) is 25.0 Å². The first-order valence-corrected chi connectivity index (χ1v) is 5.14. The van der Waals surface area contributed by atoms with Gasteiger partial charge in [0, 0.05) is 12.5 Å². The summed E-state index contributed by atoms with van der Waals surface area (Å²) < 4.78 is 0. The van der Waals surface area contributed by atoms with Crippen molar-refractivity contribution in [1.82, 2.24) is 0 Å². The smallest absolute Gasteiger partial charge is 0.335 e. The Balaban J connectivity index is 3.20. The molecule has 0 fully saturated rings. The number of carboxylic acid groups (broad SMARTS) is 1. The maximum Gasteiger partial charge on any atom is 0.335 e. The average Bonchev–Trinajstić information content (AvgIpc) is 2.21. The quantitative estimate of drug-likeness (QED) is 0.415. The number of nitrogens with zero attached hydrogens (tertiary/aromatic N) is 1. The number of benzene rings is 1. The maximum atomic E-state index is 10.8. The van der Waals surface area contributed by atoms with Crippen LogP contribution >= 0.6 is 0 Å². The summed E-state index contributed by atoms with van der Waals surface area (Å²) >= 11 is 0. The molecule has 98 valence electrons. The van der Waals surface area contributed by atoms with Crippen molar-refractivity contribution in [2.75, 3.05) is 5.73 Å². The van der Waals surface area contributed by atoms with Gasteiger partial charge < -0.3 is 15.9 Å². The molecule has 0 aliphatic rings. The van der Waals surface area contributed by atoms with Crippen LogP contribution in [0.5, 0.6) is 0 Å². The predicted molar refractivity (Wildman–Crippen MR) is 64.2 cm³/mol. The Hall–Kier alpha value is -2.15. The number of rotatable bonds is 4. The molecule has 0 saturated heterocycles. The number of anilines is 1. The standard InChI is InChI=1S/C11H14N2O5/c1-6-3-7(5-11(2,16)10(14)15)4-8(9(6)12)13(17)18/h3-4,16H,5,12H2,1-2H3,(H,14,15). The normalized spacial score (nSPS) is 13.9. The molecule has 1 unspecified atom stereocenters. The fourth-order valence-electron chi connectivity index (χ4n) is 1.58. The van der Waals surface area contributed by atoms with E-state index in [1.807, 2.05) is 0 Å². The molecule has 1 aromatic rings. The van der Waals surface area contributed by atoms with Crippen molar-refractivity contribution in [3.8, 4) is 0 Å². The average molecular weight is 254 g/mol. The topological polar surface area (TPSA) is 127 Å². The number of nitro groups is 1. The highest BCUT2D eigenvalue weighted by atomic mass is 16.6. The van der Waals surface area contributed by atoms with Gasteiger partial charge in [0.15, 0.2) is 5.60 Å². The van der Waals surface area contributed by atoms with E-state index in [1.54, 1.807) is 6.92 Å². The van der Waals surface area contributed by atoms with E-state index < -0.39 is 16.5 Å². The van der Waals surface area contributed by atoms with Crippen molar-refractivity contribution in [3.05, 3.63) is 33.4 Å². The Bertz CT molecular complexity index is 510. The minimum absolute atomic E-state index is 0.0405. The van der Waals surface area contributed by atoms with E-state index in [4.69, 9.17) is 10.8 Å². The molecule has 1 rings (SSSR count). The minimum atomic E-state index is -1.98. The van der Waals surface area contributed by atoms with Crippen LogP contribution in [-0.4, -0.2) is 26.7 Å². The first-order valence-electron chi connectivity index (χ1n) is 5.14. The number of carbonyl (C=O) groups is 1. The van der Waals surface area contributed by atoms with Crippen LogP contribution in [0.3, 0.4) is 0 Å². The molecule has 0 aliphatic carbocycles. The van der Waals surface area contributed by atoms with Gasteiger partial charge in [0.2, 0.25) is 0 Å². The first kappa shape index (κ1) is 13.9. The Labute approximate surface area is 103 Å². The van der Waals surface area contributed by atoms with E-state index in [1.165, 1.54) is 12.1 Å². The van der Waals surface area contributed by atoms with Gasteiger partial charge in [-0.15, -0.1) is 0 Å². The van der Waals surface area contributed by atoms with Gasteiger partial charge in [-0.25, -0.2) is 4.79 Å². The van der Waals surface area contributed by atoms with Crippen molar-refractivity contribution >= 4 is 17.3 Å². The number of hydrogen-bond donors (Lipinski definition) is 3. The van der Waals surface area contributed by atoms with Crippen LogP contribution in [0.1, 0.15) is 18.1 Å². The summed E-state index contributed by atoms with van der Waals surface area (Å²) in [6, 6.07) is 2.71. The number of nitrogens with two attached hydrogens (primary N) is 1. The van der Waals surface area contributed by atoms with Crippen molar-refractivity contribution in [2.45, 2.75) is 25.9 Å². The van der Waals surface area contributed by atoms with Gasteiger partial charge in [0.1, 0.15) is 5.69 Å². The first-order chi connectivity index (χ1) is 8.15. The molecule has 0 radical (unpaired) electrons. The third kappa shape index (κ3) is 2.75. The maximum absolute atomic E-state index is 10.8. The molecule has 0 bridgehead atoms. The number of hydrogen-bond acceptors (Lipinski definition) is 5. The third-order valence-corrected chi connectivity index (χ3v) is 2.63. The van der Waals surface area contributed by atoms with Gasteiger partial charge in [-0.3, -0.25) is 10.1 Å². The zero-order valence-corrected chi connectivity index (χ0v) is 10.0. The Morgan fingerprint density at radius 1 is 1.56 bits per heavy atom. The monoisotopic (exact) mass is 254 g/mol. The van der Waals surface area contributed by atoms with Crippen molar-refractivity contribution in [1.29, 1.82) is 0 Å². The summed E-state index contributed by atoms with van der Waals surface area (Å²) in [5, 5.41) is 29.2. The summed E-state index contributed by atoms with van der Waals surface area (Å²) in [4.78, 5) is 20.9. The predicted octanol–water partition coefficient (Wildman–Crippen LogP) is 0.864. The molecular formula is C11H14N2O5. The summed E-state index contributed by atoms with van der Waals surface area (Å²) in [6.07, 6.45) is -0.232. The number of aliphatic carboxylic acids is 1. The van der Waals surface area contributed by atoms with Crippen LogP contribution in [0, 0.1) is 17.0 Å². The SMILES string of the molecule is Cc1cc(CC(C)(O)C(=O)O)cc([N+](=O)[O-])c1N. The largest absolute Gasteiger partial charge is 0.479 e. The molecule has 0 aromatic heterocycles. The van der Waals surface area contributed by atoms with E-state index in [2.05, 4.69) is 0 Å². The lowest BCUT2D eigenvalue weighted by molar-refractivity contribution is -0.384. The minimum Gasteiger partial charge on any atom is -0.479 e. The van der Waals surface area contributed by atoms with Crippen LogP contribution in [-0.2, 0) is 11.2 Å². The molecule has 1 atom stereocenters. The van der Waals surface area contributed by atoms with Crippen LogP contribution < -0.4 is 5.73 Å².